The van der Waals surface area contributed by atoms with Crippen molar-refractivity contribution in [1.29, 1.82) is 0 Å². The van der Waals surface area contributed by atoms with Gasteiger partial charge in [0.05, 0.1) is 13.0 Å². The summed E-state index contributed by atoms with van der Waals surface area (Å²) >= 11 is 1.68. The van der Waals surface area contributed by atoms with Gasteiger partial charge in [-0.15, -0.1) is 17.9 Å². The lowest BCUT2D eigenvalue weighted by Crippen LogP contribution is -2.31. The lowest BCUT2D eigenvalue weighted by molar-refractivity contribution is -0.130. The molecule has 1 amide bonds. The van der Waals surface area contributed by atoms with Crippen LogP contribution in [-0.4, -0.2) is 17.4 Å². The lowest BCUT2D eigenvalue weighted by Gasteiger charge is -2.21. The molecule has 3 rings (SSSR count). The number of nitrogens with zero attached hydrogens (tertiary/aromatic N) is 1. The maximum atomic E-state index is 12.8. The Morgan fingerprint density at radius 3 is 2.70 bits per heavy atom. The lowest BCUT2D eigenvalue weighted by atomic mass is 10.0. The first-order valence-electron chi connectivity index (χ1n) is 7.65. The van der Waals surface area contributed by atoms with Gasteiger partial charge in [0.2, 0.25) is 5.91 Å². The van der Waals surface area contributed by atoms with Gasteiger partial charge in [0.1, 0.15) is 0 Å². The second-order valence-corrected chi connectivity index (χ2v) is 6.49. The number of carbonyl (C=O) groups excluding carboxylic acids is 1. The van der Waals surface area contributed by atoms with Crippen LogP contribution in [0.25, 0.3) is 10.8 Å². The Bertz CT molecular complexity index is 802. The van der Waals surface area contributed by atoms with Crippen LogP contribution in [0.3, 0.4) is 0 Å². The first-order valence-corrected chi connectivity index (χ1v) is 8.53. The standard InChI is InChI=1S/C20H19NOS/c1-2-12-21(15-18-10-6-13-23-18)20(22)14-17-9-5-8-16-7-3-4-11-19(16)17/h2-11,13H,1,12,14-15H2. The summed E-state index contributed by atoms with van der Waals surface area (Å²) in [6.07, 6.45) is 2.20. The van der Waals surface area contributed by atoms with Crippen LogP contribution in [0.5, 0.6) is 0 Å². The Morgan fingerprint density at radius 2 is 1.91 bits per heavy atom. The Hall–Kier alpha value is -2.39. The Morgan fingerprint density at radius 1 is 1.09 bits per heavy atom. The molecule has 0 atom stereocenters. The minimum atomic E-state index is 0.134. The highest BCUT2D eigenvalue weighted by Gasteiger charge is 2.15. The largest absolute Gasteiger partial charge is 0.334 e. The van der Waals surface area contributed by atoms with E-state index in [1.807, 2.05) is 40.6 Å². The molecule has 0 fully saturated rings. The van der Waals surface area contributed by atoms with Crippen LogP contribution in [0.2, 0.25) is 0 Å². The first-order chi connectivity index (χ1) is 11.3. The second kappa shape index (κ2) is 7.25. The summed E-state index contributed by atoms with van der Waals surface area (Å²) in [5.74, 6) is 0.134. The predicted molar refractivity (Wildman–Crippen MR) is 97.6 cm³/mol. The molecule has 116 valence electrons. The fourth-order valence-corrected chi connectivity index (χ4v) is 3.44. The van der Waals surface area contributed by atoms with Gasteiger partial charge in [-0.2, -0.15) is 0 Å². The number of carbonyl (C=O) groups is 1. The van der Waals surface area contributed by atoms with Crippen LogP contribution in [0, 0.1) is 0 Å². The molecule has 0 saturated carbocycles. The van der Waals surface area contributed by atoms with Crippen molar-refractivity contribution in [1.82, 2.24) is 4.90 Å². The van der Waals surface area contributed by atoms with E-state index in [0.717, 1.165) is 10.9 Å². The fourth-order valence-electron chi connectivity index (χ4n) is 2.72. The van der Waals surface area contributed by atoms with Crippen LogP contribution in [-0.2, 0) is 17.8 Å². The highest BCUT2D eigenvalue weighted by atomic mass is 32.1. The van der Waals surface area contributed by atoms with Crippen molar-refractivity contribution >= 4 is 28.0 Å². The van der Waals surface area contributed by atoms with Crippen molar-refractivity contribution < 1.29 is 4.79 Å². The SMILES string of the molecule is C=CCN(Cc1cccs1)C(=O)Cc1cccc2ccccc12. The summed E-state index contributed by atoms with van der Waals surface area (Å²) in [4.78, 5) is 15.8. The molecule has 0 bridgehead atoms. The van der Waals surface area contributed by atoms with E-state index in [1.165, 1.54) is 10.3 Å². The molecule has 0 radical (unpaired) electrons. The summed E-state index contributed by atoms with van der Waals surface area (Å²) in [6, 6.07) is 18.4. The molecule has 23 heavy (non-hydrogen) atoms. The van der Waals surface area contributed by atoms with E-state index in [-0.39, 0.29) is 5.91 Å². The molecule has 0 aliphatic heterocycles. The summed E-state index contributed by atoms with van der Waals surface area (Å²) in [5, 5.41) is 4.36. The van der Waals surface area contributed by atoms with Gasteiger partial charge >= 0.3 is 0 Å². The van der Waals surface area contributed by atoms with Gasteiger partial charge in [-0.05, 0) is 27.8 Å². The molecule has 1 heterocycles. The highest BCUT2D eigenvalue weighted by molar-refractivity contribution is 7.09. The number of rotatable bonds is 6. The van der Waals surface area contributed by atoms with E-state index >= 15 is 0 Å². The number of hydrogen-bond donors (Lipinski definition) is 0. The third-order valence-electron chi connectivity index (χ3n) is 3.85. The topological polar surface area (TPSA) is 20.3 Å². The molecular weight excluding hydrogens is 302 g/mol. The highest BCUT2D eigenvalue weighted by Crippen LogP contribution is 2.20. The second-order valence-electron chi connectivity index (χ2n) is 5.46. The molecule has 0 N–H and O–H groups in total. The van der Waals surface area contributed by atoms with Gasteiger partial charge in [0, 0.05) is 11.4 Å². The first kappa shape index (κ1) is 15.5. The van der Waals surface area contributed by atoms with E-state index in [1.54, 1.807) is 17.4 Å². The number of fused-ring (bicyclic) bond motifs is 1. The van der Waals surface area contributed by atoms with E-state index in [2.05, 4.69) is 30.8 Å². The van der Waals surface area contributed by atoms with E-state index < -0.39 is 0 Å². The van der Waals surface area contributed by atoms with Gasteiger partial charge in [-0.25, -0.2) is 0 Å². The molecule has 3 heteroatoms. The van der Waals surface area contributed by atoms with Crippen molar-refractivity contribution in [3.05, 3.63) is 83.1 Å². The third-order valence-corrected chi connectivity index (χ3v) is 4.71. The zero-order chi connectivity index (χ0) is 16.1. The summed E-state index contributed by atoms with van der Waals surface area (Å²) in [7, 11) is 0. The molecule has 0 aliphatic rings. The minimum Gasteiger partial charge on any atom is -0.334 e. The van der Waals surface area contributed by atoms with Crippen molar-refractivity contribution in [3.63, 3.8) is 0 Å². The van der Waals surface area contributed by atoms with Gasteiger partial charge in [0.15, 0.2) is 0 Å². The number of hydrogen-bond acceptors (Lipinski definition) is 2. The van der Waals surface area contributed by atoms with Crippen molar-refractivity contribution in [2.75, 3.05) is 6.54 Å². The molecular formula is C20H19NOS. The Balaban J connectivity index is 1.81. The molecule has 0 spiro atoms. The number of amides is 1. The quantitative estimate of drug-likeness (QED) is 0.605. The zero-order valence-electron chi connectivity index (χ0n) is 12.9. The van der Waals surface area contributed by atoms with Crippen LogP contribution in [0.15, 0.2) is 72.6 Å². The average molecular weight is 321 g/mol. The number of benzene rings is 2. The Labute approximate surface area is 140 Å². The maximum absolute atomic E-state index is 12.8. The minimum absolute atomic E-state index is 0.134. The van der Waals surface area contributed by atoms with Crippen LogP contribution in [0.1, 0.15) is 10.4 Å². The van der Waals surface area contributed by atoms with Crippen LogP contribution >= 0.6 is 11.3 Å². The van der Waals surface area contributed by atoms with Gasteiger partial charge in [0.25, 0.3) is 0 Å². The molecule has 0 unspecified atom stereocenters. The third kappa shape index (κ3) is 3.69. The molecule has 2 nitrogen and oxygen atoms in total. The van der Waals surface area contributed by atoms with Crippen LogP contribution in [0.4, 0.5) is 0 Å². The summed E-state index contributed by atoms with van der Waals surface area (Å²) in [5.41, 5.74) is 1.08. The normalized spacial score (nSPS) is 10.6. The summed E-state index contributed by atoms with van der Waals surface area (Å²) in [6.45, 7) is 5.00. The van der Waals surface area contributed by atoms with E-state index in [0.29, 0.717) is 19.5 Å². The summed E-state index contributed by atoms with van der Waals surface area (Å²) < 4.78 is 0. The van der Waals surface area contributed by atoms with Crippen molar-refractivity contribution in [2.24, 2.45) is 0 Å². The van der Waals surface area contributed by atoms with E-state index in [9.17, 15) is 4.79 Å². The Kier molecular flexibility index (Phi) is 4.89. The monoisotopic (exact) mass is 321 g/mol. The maximum Gasteiger partial charge on any atom is 0.227 e. The van der Waals surface area contributed by atoms with Crippen LogP contribution < -0.4 is 0 Å². The fraction of sp³-hybridized carbons (Fsp3) is 0.150. The number of thiophene rings is 1. The zero-order valence-corrected chi connectivity index (χ0v) is 13.8. The molecule has 3 aromatic rings. The average Bonchev–Trinajstić information content (AvgIpc) is 3.08. The molecule has 0 saturated heterocycles. The van der Waals surface area contributed by atoms with Gasteiger partial charge in [-0.1, -0.05) is 54.6 Å². The van der Waals surface area contributed by atoms with Crippen molar-refractivity contribution in [2.45, 2.75) is 13.0 Å². The smallest absolute Gasteiger partial charge is 0.227 e. The van der Waals surface area contributed by atoms with Gasteiger partial charge in [-0.3, -0.25) is 4.79 Å². The molecule has 0 aliphatic carbocycles. The van der Waals surface area contributed by atoms with Crippen molar-refractivity contribution in [3.8, 4) is 0 Å². The predicted octanol–water partition coefficient (Wildman–Crippen LogP) is 4.66. The van der Waals surface area contributed by atoms with E-state index in [4.69, 9.17) is 0 Å². The molecule has 1 aromatic heterocycles. The van der Waals surface area contributed by atoms with Gasteiger partial charge < -0.3 is 4.90 Å². The molecule has 2 aromatic carbocycles.